The Labute approximate surface area is 93.9 Å². The van der Waals surface area contributed by atoms with Crippen molar-refractivity contribution < 1.29 is 19.0 Å². The summed E-state index contributed by atoms with van der Waals surface area (Å²) >= 11 is 0. The molecule has 0 aliphatic heterocycles. The van der Waals surface area contributed by atoms with Gasteiger partial charge in [0.2, 0.25) is 0 Å². The summed E-state index contributed by atoms with van der Waals surface area (Å²) < 4.78 is 18.7. The summed E-state index contributed by atoms with van der Waals surface area (Å²) in [6.45, 7) is 4.23. The van der Waals surface area contributed by atoms with Crippen LogP contribution < -0.4 is 0 Å². The first-order chi connectivity index (χ1) is 7.54. The highest BCUT2D eigenvalue weighted by Crippen LogP contribution is 2.12. The van der Waals surface area contributed by atoms with Crippen LogP contribution in [0.4, 0.5) is 4.39 Å². The average Bonchev–Trinajstić information content (AvgIpc) is 2.25. The molecule has 4 heteroatoms. The van der Waals surface area contributed by atoms with Crippen LogP contribution in [0.5, 0.6) is 0 Å². The molecule has 1 N–H and O–H groups in total. The standard InChI is InChI=1S/C12H15FO3/c1-3-8(2)16-7-9-4-5-10(12(14)15)11(13)6-9/h4-6,8H,3,7H2,1-2H3,(H,14,15). The van der Waals surface area contributed by atoms with Crippen molar-refractivity contribution in [2.45, 2.75) is 33.0 Å². The average molecular weight is 226 g/mol. The molecule has 1 unspecified atom stereocenters. The lowest BCUT2D eigenvalue weighted by Crippen LogP contribution is -2.07. The zero-order valence-corrected chi connectivity index (χ0v) is 9.37. The summed E-state index contributed by atoms with van der Waals surface area (Å²) in [4.78, 5) is 10.6. The van der Waals surface area contributed by atoms with Crippen LogP contribution in [0.2, 0.25) is 0 Å². The number of carboxylic acid groups (broad SMARTS) is 1. The second-order valence-electron chi connectivity index (χ2n) is 3.65. The molecule has 0 radical (unpaired) electrons. The molecule has 1 aromatic rings. The second kappa shape index (κ2) is 5.61. The molecule has 0 aliphatic carbocycles. The smallest absolute Gasteiger partial charge is 0.338 e. The number of hydrogen-bond donors (Lipinski definition) is 1. The summed E-state index contributed by atoms with van der Waals surface area (Å²) in [7, 11) is 0. The topological polar surface area (TPSA) is 46.5 Å². The predicted octanol–water partition coefficient (Wildman–Crippen LogP) is 2.84. The molecule has 0 saturated carbocycles. The van der Waals surface area contributed by atoms with E-state index in [0.717, 1.165) is 6.42 Å². The fraction of sp³-hybridized carbons (Fsp3) is 0.417. The highest BCUT2D eigenvalue weighted by Gasteiger charge is 2.10. The van der Waals surface area contributed by atoms with E-state index in [4.69, 9.17) is 9.84 Å². The minimum Gasteiger partial charge on any atom is -0.478 e. The molecular weight excluding hydrogens is 211 g/mol. The van der Waals surface area contributed by atoms with Crippen molar-refractivity contribution in [1.82, 2.24) is 0 Å². The van der Waals surface area contributed by atoms with Crippen LogP contribution in [-0.4, -0.2) is 17.2 Å². The molecule has 0 aliphatic rings. The van der Waals surface area contributed by atoms with Gasteiger partial charge in [-0.25, -0.2) is 9.18 Å². The van der Waals surface area contributed by atoms with Gasteiger partial charge in [-0.05, 0) is 31.0 Å². The van der Waals surface area contributed by atoms with Crippen LogP contribution in [-0.2, 0) is 11.3 Å². The zero-order chi connectivity index (χ0) is 12.1. The minimum atomic E-state index is -1.26. The normalized spacial score (nSPS) is 12.4. The lowest BCUT2D eigenvalue weighted by Gasteiger charge is -2.10. The Morgan fingerprint density at radius 3 is 2.75 bits per heavy atom. The molecule has 1 aromatic carbocycles. The molecule has 0 heterocycles. The molecule has 0 bridgehead atoms. The maximum absolute atomic E-state index is 13.3. The van der Waals surface area contributed by atoms with Crippen molar-refractivity contribution >= 4 is 5.97 Å². The van der Waals surface area contributed by atoms with Crippen molar-refractivity contribution in [1.29, 1.82) is 0 Å². The molecule has 88 valence electrons. The van der Waals surface area contributed by atoms with Gasteiger partial charge < -0.3 is 9.84 Å². The molecule has 0 saturated heterocycles. The zero-order valence-electron chi connectivity index (χ0n) is 9.37. The highest BCUT2D eigenvalue weighted by atomic mass is 19.1. The van der Waals surface area contributed by atoms with E-state index in [1.807, 2.05) is 13.8 Å². The molecule has 0 fully saturated rings. The van der Waals surface area contributed by atoms with Crippen molar-refractivity contribution in [2.24, 2.45) is 0 Å². The third-order valence-electron chi connectivity index (χ3n) is 2.37. The molecular formula is C12H15FO3. The lowest BCUT2D eigenvalue weighted by atomic mass is 10.1. The lowest BCUT2D eigenvalue weighted by molar-refractivity contribution is 0.0506. The Hall–Kier alpha value is -1.42. The summed E-state index contributed by atoms with van der Waals surface area (Å²) in [6.07, 6.45) is 0.998. The summed E-state index contributed by atoms with van der Waals surface area (Å²) in [5.74, 6) is -1.98. The van der Waals surface area contributed by atoms with Crippen LogP contribution in [0.3, 0.4) is 0 Å². The largest absolute Gasteiger partial charge is 0.478 e. The van der Waals surface area contributed by atoms with Crippen LogP contribution in [0.15, 0.2) is 18.2 Å². The number of aromatic carboxylic acids is 1. The molecule has 0 amide bonds. The fourth-order valence-electron chi connectivity index (χ4n) is 1.18. The van der Waals surface area contributed by atoms with Crippen LogP contribution in [0.1, 0.15) is 36.2 Å². The number of carbonyl (C=O) groups is 1. The number of ether oxygens (including phenoxy) is 1. The van der Waals surface area contributed by atoms with Gasteiger partial charge in [0, 0.05) is 0 Å². The van der Waals surface area contributed by atoms with Gasteiger partial charge in [0.25, 0.3) is 0 Å². The van der Waals surface area contributed by atoms with E-state index in [1.54, 1.807) is 6.07 Å². The van der Waals surface area contributed by atoms with Crippen molar-refractivity contribution in [3.8, 4) is 0 Å². The van der Waals surface area contributed by atoms with E-state index in [-0.39, 0.29) is 11.7 Å². The SMILES string of the molecule is CCC(C)OCc1ccc(C(=O)O)c(F)c1. The fourth-order valence-corrected chi connectivity index (χ4v) is 1.18. The maximum atomic E-state index is 13.3. The van der Waals surface area contributed by atoms with Crippen LogP contribution in [0, 0.1) is 5.82 Å². The summed E-state index contributed by atoms with van der Waals surface area (Å²) in [6, 6.07) is 4.02. The first kappa shape index (κ1) is 12.6. The second-order valence-corrected chi connectivity index (χ2v) is 3.65. The Morgan fingerprint density at radius 2 is 2.25 bits per heavy atom. The Morgan fingerprint density at radius 1 is 1.56 bits per heavy atom. The van der Waals surface area contributed by atoms with Crippen LogP contribution in [0.25, 0.3) is 0 Å². The van der Waals surface area contributed by atoms with Crippen molar-refractivity contribution in [2.75, 3.05) is 0 Å². The van der Waals surface area contributed by atoms with Gasteiger partial charge >= 0.3 is 5.97 Å². The quantitative estimate of drug-likeness (QED) is 0.839. The molecule has 0 spiro atoms. The van der Waals surface area contributed by atoms with Gasteiger partial charge in [-0.2, -0.15) is 0 Å². The Balaban J connectivity index is 2.70. The van der Waals surface area contributed by atoms with Gasteiger partial charge in [-0.1, -0.05) is 13.0 Å². The van der Waals surface area contributed by atoms with Crippen molar-refractivity contribution in [3.05, 3.63) is 35.1 Å². The molecule has 3 nitrogen and oxygen atoms in total. The highest BCUT2D eigenvalue weighted by molar-refractivity contribution is 5.87. The number of benzene rings is 1. The van der Waals surface area contributed by atoms with Crippen molar-refractivity contribution in [3.63, 3.8) is 0 Å². The van der Waals surface area contributed by atoms with Gasteiger partial charge in [-0.3, -0.25) is 0 Å². The number of halogens is 1. The maximum Gasteiger partial charge on any atom is 0.338 e. The molecule has 16 heavy (non-hydrogen) atoms. The molecule has 1 atom stereocenters. The number of rotatable bonds is 5. The monoisotopic (exact) mass is 226 g/mol. The Kier molecular flexibility index (Phi) is 4.43. The van der Waals surface area contributed by atoms with Gasteiger partial charge in [-0.15, -0.1) is 0 Å². The van der Waals surface area contributed by atoms with Crippen LogP contribution >= 0.6 is 0 Å². The minimum absolute atomic E-state index is 0.113. The van der Waals surface area contributed by atoms with E-state index in [9.17, 15) is 9.18 Å². The Bertz CT molecular complexity index is 377. The molecule has 0 aromatic heterocycles. The number of hydrogen-bond acceptors (Lipinski definition) is 2. The third kappa shape index (κ3) is 3.31. The van der Waals surface area contributed by atoms with Gasteiger partial charge in [0.1, 0.15) is 5.82 Å². The van der Waals surface area contributed by atoms with E-state index < -0.39 is 11.8 Å². The third-order valence-corrected chi connectivity index (χ3v) is 2.37. The van der Waals surface area contributed by atoms with Gasteiger partial charge in [0.15, 0.2) is 0 Å². The van der Waals surface area contributed by atoms with E-state index in [0.29, 0.717) is 12.2 Å². The first-order valence-electron chi connectivity index (χ1n) is 5.18. The summed E-state index contributed by atoms with van der Waals surface area (Å²) in [5.41, 5.74) is 0.329. The summed E-state index contributed by atoms with van der Waals surface area (Å²) in [5, 5.41) is 8.64. The molecule has 1 rings (SSSR count). The number of carboxylic acids is 1. The first-order valence-corrected chi connectivity index (χ1v) is 5.18. The predicted molar refractivity (Wildman–Crippen MR) is 57.9 cm³/mol. The van der Waals surface area contributed by atoms with Gasteiger partial charge in [0.05, 0.1) is 18.3 Å². The van der Waals surface area contributed by atoms with E-state index in [1.165, 1.54) is 12.1 Å². The van der Waals surface area contributed by atoms with E-state index in [2.05, 4.69) is 0 Å². The van der Waals surface area contributed by atoms with E-state index >= 15 is 0 Å².